The van der Waals surface area contributed by atoms with Crippen molar-refractivity contribution in [2.45, 2.75) is 269 Å². The normalized spacial score (nSPS) is 13.1. The van der Waals surface area contributed by atoms with Gasteiger partial charge in [-0.3, -0.25) is 0 Å². The lowest BCUT2D eigenvalue weighted by atomic mass is 9.85. The fourth-order valence-corrected chi connectivity index (χ4v) is 18.3. The average Bonchev–Trinajstić information content (AvgIpc) is 1.60. The van der Waals surface area contributed by atoms with E-state index in [1.165, 1.54) is 129 Å². The number of unbranched alkanes of at least 4 members (excludes halogenated alkanes) is 12. The molecule has 12 nitrogen and oxygen atoms in total. The molecule has 600 valence electrons. The number of hydrogen-bond donors (Lipinski definition) is 4. The molecule has 10 heterocycles. The Kier molecular flexibility index (Phi) is 22.3. The molecule has 12 aromatic rings. The average molecular weight is 1550 g/mol. The van der Waals surface area contributed by atoms with Gasteiger partial charge in [0.2, 0.25) is 0 Å². The largest absolute Gasteiger partial charge is 0.354 e. The maximum atomic E-state index is 6.18. The Morgan fingerprint density at radius 2 is 0.684 bits per heavy atom. The van der Waals surface area contributed by atoms with Crippen LogP contribution in [0.3, 0.4) is 0 Å². The first kappa shape index (κ1) is 80.1. The lowest BCUT2D eigenvalue weighted by molar-refractivity contribution is 0.590. The van der Waals surface area contributed by atoms with Gasteiger partial charge in [-0.1, -0.05) is 264 Å². The molecule has 16 rings (SSSR count). The van der Waals surface area contributed by atoms with Crippen LogP contribution < -0.4 is 0 Å². The van der Waals surface area contributed by atoms with E-state index in [2.05, 4.69) is 278 Å². The lowest BCUT2D eigenvalue weighted by Crippen LogP contribution is -2.10. The molecule has 0 aliphatic carbocycles. The maximum Gasteiger partial charge on any atom is 0.164 e. The van der Waals surface area contributed by atoms with Gasteiger partial charge in [-0.25, -0.2) is 39.9 Å². The minimum Gasteiger partial charge on any atom is -0.354 e. The standard InChI is InChI=1S/C105H120N12/c1-19-23-27-31-37-71-62(6)91-89(66-45-43-61(5)44-46-66)92-63(7)72(38-32-28-24-20-2)86(107-92)60-88-74(40-34-30-26-22-4)65(9)94(109-88)90(93-64(8)73(39-33-29-25-21-3)87(108-93)59-85(71)106-91)76-42-36-35-41-75(76)67-47-51-77-81(55-67)99-110-95(77)112-100-83-57-69(104(13,14)15)49-53-79(83)97(114-100)116-102-84-58-70(105(16,17)18)50-54-80(84)98(117-102)115-101-82-56-68(103(10,11)12)48-52-78(82)96(111-99)113-101/h35-36,41-60,106,109H,19-34,37-40H2,1-18H3,(H2,110,111,112,113,114,115,116,117). The highest BCUT2D eigenvalue weighted by atomic mass is 15.1. The summed E-state index contributed by atoms with van der Waals surface area (Å²) >= 11 is 0. The molecule has 4 aliphatic heterocycles. The van der Waals surface area contributed by atoms with Crippen molar-refractivity contribution >= 4 is 88.5 Å². The number of nitrogens with one attached hydrogen (secondary N) is 4. The Morgan fingerprint density at radius 3 is 1.15 bits per heavy atom. The van der Waals surface area contributed by atoms with E-state index in [-0.39, 0.29) is 16.2 Å². The van der Waals surface area contributed by atoms with Crippen LogP contribution >= 0.6 is 0 Å². The number of hydrogen-bond acceptors (Lipinski definition) is 8. The minimum atomic E-state index is -0.152. The Morgan fingerprint density at radius 1 is 0.299 bits per heavy atom. The fourth-order valence-electron chi connectivity index (χ4n) is 18.3. The van der Waals surface area contributed by atoms with Crippen LogP contribution in [-0.2, 0) is 29.1 Å². The number of rotatable bonds is 23. The molecule has 0 spiro atoms. The van der Waals surface area contributed by atoms with Crippen LogP contribution in [0.1, 0.15) is 287 Å². The van der Waals surface area contributed by atoms with Crippen molar-refractivity contribution < 1.29 is 0 Å². The van der Waals surface area contributed by atoms with Crippen LogP contribution in [-0.4, -0.2) is 59.8 Å². The van der Waals surface area contributed by atoms with Gasteiger partial charge < -0.3 is 19.9 Å². The zero-order chi connectivity index (χ0) is 81.9. The molecule has 16 bridgehead atoms. The van der Waals surface area contributed by atoms with Crippen molar-refractivity contribution in [2.24, 2.45) is 0 Å². The first-order valence-electron chi connectivity index (χ1n) is 44.1. The number of benzene rings is 6. The zero-order valence-corrected chi connectivity index (χ0v) is 72.9. The number of H-pyrrole nitrogens is 4. The van der Waals surface area contributed by atoms with E-state index in [4.69, 9.17) is 39.9 Å². The first-order valence-corrected chi connectivity index (χ1v) is 44.1. The van der Waals surface area contributed by atoms with Crippen LogP contribution in [0.25, 0.3) is 167 Å². The lowest BCUT2D eigenvalue weighted by Gasteiger charge is -2.19. The van der Waals surface area contributed by atoms with E-state index in [0.29, 0.717) is 45.9 Å². The highest BCUT2D eigenvalue weighted by molar-refractivity contribution is 6.09. The summed E-state index contributed by atoms with van der Waals surface area (Å²) in [5, 5.41) is 3.76. The quantitative estimate of drug-likeness (QED) is 0.0459. The molecule has 0 atom stereocenters. The second-order valence-electron chi connectivity index (χ2n) is 37.0. The van der Waals surface area contributed by atoms with Crippen molar-refractivity contribution in [3.63, 3.8) is 0 Å². The van der Waals surface area contributed by atoms with Gasteiger partial charge in [0.15, 0.2) is 23.3 Å². The zero-order valence-electron chi connectivity index (χ0n) is 72.9. The number of nitrogens with zero attached hydrogens (tertiary/aromatic N) is 8. The van der Waals surface area contributed by atoms with E-state index in [0.717, 1.165) is 188 Å². The summed E-state index contributed by atoms with van der Waals surface area (Å²) in [5.41, 5.74) is 36.3. The van der Waals surface area contributed by atoms with E-state index in [1.807, 2.05) is 0 Å². The van der Waals surface area contributed by atoms with Gasteiger partial charge in [0.1, 0.15) is 22.6 Å². The summed E-state index contributed by atoms with van der Waals surface area (Å²) in [6, 6.07) is 50.1. The summed E-state index contributed by atoms with van der Waals surface area (Å²) in [6.45, 7) is 41.3. The topological polar surface area (TPSA) is 166 Å². The number of fused-ring (bicyclic) bond motifs is 28. The molecule has 0 saturated carbocycles. The van der Waals surface area contributed by atoms with Crippen molar-refractivity contribution in [3.8, 4) is 78.9 Å². The van der Waals surface area contributed by atoms with Crippen LogP contribution in [0, 0.1) is 20.8 Å². The predicted octanol–water partition coefficient (Wildman–Crippen LogP) is 29.4. The number of allylic oxidation sites excluding steroid dienone is 4. The van der Waals surface area contributed by atoms with E-state index in [1.54, 1.807) is 0 Å². The smallest absolute Gasteiger partial charge is 0.164 e. The Bertz CT molecular complexity index is 6290. The molecule has 4 N–H and O–H groups in total. The Balaban J connectivity index is 0.994. The fraction of sp³-hybridized carbons (Fsp3) is 0.390. The maximum absolute atomic E-state index is 6.18. The van der Waals surface area contributed by atoms with Crippen LogP contribution in [0.4, 0.5) is 0 Å². The second-order valence-corrected chi connectivity index (χ2v) is 37.0. The Hall–Kier alpha value is -10.7. The molecular formula is C105H120N12. The Labute approximate surface area is 693 Å². The third kappa shape index (κ3) is 15.6. The summed E-state index contributed by atoms with van der Waals surface area (Å²) < 4.78 is 0. The summed E-state index contributed by atoms with van der Waals surface area (Å²) in [7, 11) is 0. The van der Waals surface area contributed by atoms with E-state index < -0.39 is 0 Å². The molecule has 4 aliphatic rings. The molecule has 0 fully saturated rings. The van der Waals surface area contributed by atoms with Gasteiger partial charge in [0.05, 0.1) is 33.8 Å². The van der Waals surface area contributed by atoms with E-state index in [9.17, 15) is 0 Å². The molecule has 6 aromatic carbocycles. The molecule has 0 unspecified atom stereocenters. The highest BCUT2D eigenvalue weighted by Gasteiger charge is 2.32. The molecule has 0 amide bonds. The molecule has 12 heteroatoms. The predicted molar refractivity (Wildman–Crippen MR) is 495 cm³/mol. The third-order valence-electron chi connectivity index (χ3n) is 25.5. The summed E-state index contributed by atoms with van der Waals surface area (Å²) in [5.74, 6) is 2.26. The number of aromatic nitrogens is 12. The van der Waals surface area contributed by atoms with Gasteiger partial charge in [-0.2, -0.15) is 0 Å². The summed E-state index contributed by atoms with van der Waals surface area (Å²) in [6.07, 6.45) is 22.3. The molecule has 6 aromatic heterocycles. The van der Waals surface area contributed by atoms with Gasteiger partial charge >= 0.3 is 0 Å². The second kappa shape index (κ2) is 32.6. The van der Waals surface area contributed by atoms with Crippen molar-refractivity contribution in [1.29, 1.82) is 0 Å². The van der Waals surface area contributed by atoms with Gasteiger partial charge in [-0.05, 0) is 228 Å². The first-order chi connectivity index (χ1) is 56.3. The van der Waals surface area contributed by atoms with E-state index >= 15 is 0 Å². The van der Waals surface area contributed by atoms with Crippen LogP contribution in [0.2, 0.25) is 0 Å². The van der Waals surface area contributed by atoms with Gasteiger partial charge in [0.25, 0.3) is 0 Å². The van der Waals surface area contributed by atoms with Gasteiger partial charge in [0, 0.05) is 66.0 Å². The highest BCUT2D eigenvalue weighted by Crippen LogP contribution is 2.49. The molecule has 0 radical (unpaired) electrons. The van der Waals surface area contributed by atoms with Gasteiger partial charge in [-0.15, -0.1) is 0 Å². The summed E-state index contributed by atoms with van der Waals surface area (Å²) in [4.78, 5) is 61.9. The number of aryl methyl sites for hydroxylation is 5. The minimum absolute atomic E-state index is 0.127. The SMILES string of the molecule is CCCCCCC1=C(C)c2nc1cc1[nH]c(c(C)c1CCCCCC)c(-c1ccccc1-c1ccc3c(c1)-c1nc-3nc3[nH]c(nc4nc(nc5[nH]c(n1)c1ccc(C(C)(C)C)cc51)-c1ccc(C(C)(C)C)cc1-4)c1ccc(C(C)(C)C)cc31)c1nc(cc3[nH]c(c(C)c3CCCCCC)c2-c2ccc(C)cc2)C(CCCCCC)=C1C. The monoisotopic (exact) mass is 1550 g/mol. The van der Waals surface area contributed by atoms with Crippen LogP contribution in [0.15, 0.2) is 133 Å². The third-order valence-corrected chi connectivity index (χ3v) is 25.5. The van der Waals surface area contributed by atoms with Crippen LogP contribution in [0.5, 0.6) is 0 Å². The molecular weight excluding hydrogens is 1430 g/mol. The van der Waals surface area contributed by atoms with Crippen molar-refractivity contribution in [1.82, 2.24) is 59.8 Å². The van der Waals surface area contributed by atoms with Crippen molar-refractivity contribution in [2.75, 3.05) is 0 Å². The molecule has 117 heavy (non-hydrogen) atoms. The molecule has 0 saturated heterocycles. The number of aromatic amines is 4. The van der Waals surface area contributed by atoms with Crippen molar-refractivity contribution in [3.05, 3.63) is 201 Å².